The van der Waals surface area contributed by atoms with Gasteiger partial charge in [0.1, 0.15) is 11.9 Å². The van der Waals surface area contributed by atoms with Gasteiger partial charge in [-0.1, -0.05) is 0 Å². The van der Waals surface area contributed by atoms with Gasteiger partial charge in [0.2, 0.25) is 0 Å². The molecule has 3 atom stereocenters. The first-order chi connectivity index (χ1) is 8.15. The third-order valence-electron chi connectivity index (χ3n) is 2.69. The van der Waals surface area contributed by atoms with Gasteiger partial charge in [-0.15, -0.1) is 0 Å². The number of ether oxygens (including phenoxy) is 2. The molecule has 1 aromatic heterocycles. The van der Waals surface area contributed by atoms with E-state index in [0.29, 0.717) is 5.75 Å². The summed E-state index contributed by atoms with van der Waals surface area (Å²) >= 11 is 0. The first-order valence-corrected chi connectivity index (χ1v) is 5.23. The van der Waals surface area contributed by atoms with Crippen LogP contribution in [0.2, 0.25) is 0 Å². The molecule has 7 heteroatoms. The number of nitrogens with zero attached hydrogens (tertiary/aromatic N) is 2. The van der Waals surface area contributed by atoms with Gasteiger partial charge in [0, 0.05) is 12.5 Å². The molecule has 1 saturated heterocycles. The van der Waals surface area contributed by atoms with Gasteiger partial charge in [0.15, 0.2) is 6.23 Å². The third kappa shape index (κ3) is 2.31. The molecule has 2 rings (SSSR count). The van der Waals surface area contributed by atoms with Crippen LogP contribution in [0.1, 0.15) is 12.6 Å². The van der Waals surface area contributed by atoms with Crippen LogP contribution in [0.25, 0.3) is 0 Å². The molecule has 17 heavy (non-hydrogen) atoms. The Labute approximate surface area is 97.2 Å². The molecular formula is C10H14N2O5. The molecule has 0 aromatic carbocycles. The molecule has 1 aliphatic heterocycles. The van der Waals surface area contributed by atoms with Gasteiger partial charge in [-0.25, -0.2) is 4.68 Å². The van der Waals surface area contributed by atoms with Crippen LogP contribution in [-0.2, 0) is 4.74 Å². The first-order valence-electron chi connectivity index (χ1n) is 5.23. The lowest BCUT2D eigenvalue weighted by Gasteiger charge is -2.13. The van der Waals surface area contributed by atoms with Gasteiger partial charge in [-0.2, -0.15) is 5.10 Å². The van der Waals surface area contributed by atoms with E-state index in [-0.39, 0.29) is 18.6 Å². The standard InChI is InChI=1S/C10H14N2O5/c1-16-6-2-9(15)12(11-4-6)10-3-7(14)8(5-13)17-10/h2,4,7-8,10,13-14H,3,5H2,1H3/t7-,8+,10+/m0/s1. The van der Waals surface area contributed by atoms with E-state index in [4.69, 9.17) is 14.6 Å². The van der Waals surface area contributed by atoms with Crippen molar-refractivity contribution in [3.8, 4) is 5.75 Å². The van der Waals surface area contributed by atoms with Crippen LogP contribution in [0.4, 0.5) is 0 Å². The van der Waals surface area contributed by atoms with Crippen LogP contribution in [-0.4, -0.2) is 45.9 Å². The summed E-state index contributed by atoms with van der Waals surface area (Å²) < 4.78 is 11.3. The van der Waals surface area contributed by atoms with Crippen LogP contribution < -0.4 is 10.3 Å². The van der Waals surface area contributed by atoms with E-state index < -0.39 is 18.4 Å². The van der Waals surface area contributed by atoms with Gasteiger partial charge in [0.05, 0.1) is 26.0 Å². The maximum atomic E-state index is 11.7. The largest absolute Gasteiger partial charge is 0.495 e. The molecule has 0 bridgehead atoms. The minimum absolute atomic E-state index is 0.227. The van der Waals surface area contributed by atoms with E-state index in [2.05, 4.69) is 5.10 Å². The van der Waals surface area contributed by atoms with Crippen molar-refractivity contribution in [2.24, 2.45) is 0 Å². The zero-order valence-corrected chi connectivity index (χ0v) is 9.31. The van der Waals surface area contributed by atoms with Crippen molar-refractivity contribution < 1.29 is 19.7 Å². The zero-order valence-electron chi connectivity index (χ0n) is 9.31. The summed E-state index contributed by atoms with van der Waals surface area (Å²) in [5.74, 6) is 0.364. The maximum Gasteiger partial charge on any atom is 0.272 e. The van der Waals surface area contributed by atoms with Gasteiger partial charge in [0.25, 0.3) is 5.56 Å². The summed E-state index contributed by atoms with van der Waals surface area (Å²) in [5.41, 5.74) is -0.375. The molecule has 0 amide bonds. The number of aliphatic hydroxyl groups excluding tert-OH is 2. The van der Waals surface area contributed by atoms with Crippen LogP contribution in [0.3, 0.4) is 0 Å². The van der Waals surface area contributed by atoms with Gasteiger partial charge in [-0.3, -0.25) is 4.79 Å². The molecule has 7 nitrogen and oxygen atoms in total. The first kappa shape index (κ1) is 12.0. The van der Waals surface area contributed by atoms with Crippen molar-refractivity contribution in [1.29, 1.82) is 0 Å². The minimum atomic E-state index is -0.791. The molecule has 1 aliphatic rings. The maximum absolute atomic E-state index is 11.7. The third-order valence-corrected chi connectivity index (χ3v) is 2.69. The molecule has 0 spiro atoms. The lowest BCUT2D eigenvalue weighted by molar-refractivity contribution is -0.0501. The highest BCUT2D eigenvalue weighted by atomic mass is 16.5. The average molecular weight is 242 g/mol. The topological polar surface area (TPSA) is 93.8 Å². The number of hydrogen-bond donors (Lipinski definition) is 2. The van der Waals surface area contributed by atoms with Crippen molar-refractivity contribution in [2.75, 3.05) is 13.7 Å². The van der Waals surface area contributed by atoms with Gasteiger partial charge >= 0.3 is 0 Å². The molecule has 94 valence electrons. The molecule has 0 aliphatic carbocycles. The van der Waals surface area contributed by atoms with E-state index in [1.807, 2.05) is 0 Å². The Balaban J connectivity index is 2.22. The van der Waals surface area contributed by atoms with Gasteiger partial charge < -0.3 is 19.7 Å². The Hall–Kier alpha value is -1.44. The summed E-state index contributed by atoms with van der Waals surface area (Å²) in [7, 11) is 1.44. The predicted molar refractivity (Wildman–Crippen MR) is 56.7 cm³/mol. The van der Waals surface area contributed by atoms with Crippen LogP contribution in [0.5, 0.6) is 5.75 Å². The SMILES string of the molecule is COc1cnn([C@H]2C[C@H](O)[C@@H](CO)O2)c(=O)c1. The highest BCUT2D eigenvalue weighted by Crippen LogP contribution is 2.26. The lowest BCUT2D eigenvalue weighted by atomic mass is 10.2. The smallest absolute Gasteiger partial charge is 0.272 e. The van der Waals surface area contributed by atoms with Crippen molar-refractivity contribution in [3.05, 3.63) is 22.6 Å². The minimum Gasteiger partial charge on any atom is -0.495 e. The van der Waals surface area contributed by atoms with Gasteiger partial charge in [-0.05, 0) is 0 Å². The summed E-state index contributed by atoms with van der Waals surface area (Å²) in [6, 6.07) is 1.29. The lowest BCUT2D eigenvalue weighted by Crippen LogP contribution is -2.27. The quantitative estimate of drug-likeness (QED) is 0.698. The Kier molecular flexibility index (Phi) is 3.41. The predicted octanol–water partition coefficient (Wildman–Crippen LogP) is -1.11. The van der Waals surface area contributed by atoms with Crippen LogP contribution in [0.15, 0.2) is 17.1 Å². The Bertz CT molecular complexity index is 447. The number of methoxy groups -OCH3 is 1. The highest BCUT2D eigenvalue weighted by Gasteiger charge is 2.35. The van der Waals surface area contributed by atoms with E-state index in [9.17, 15) is 9.90 Å². The monoisotopic (exact) mass is 242 g/mol. The molecule has 0 radical (unpaired) electrons. The number of hydrogen-bond acceptors (Lipinski definition) is 6. The van der Waals surface area contributed by atoms with Crippen molar-refractivity contribution in [2.45, 2.75) is 24.9 Å². The molecule has 2 heterocycles. The summed E-state index contributed by atoms with van der Waals surface area (Å²) in [6.07, 6.45) is -0.495. The van der Waals surface area contributed by atoms with E-state index in [1.165, 1.54) is 19.4 Å². The number of rotatable bonds is 3. The fraction of sp³-hybridized carbons (Fsp3) is 0.600. The fourth-order valence-corrected chi connectivity index (χ4v) is 1.76. The molecule has 1 aromatic rings. The Morgan fingerprint density at radius 2 is 2.47 bits per heavy atom. The summed E-state index contributed by atoms with van der Waals surface area (Å²) in [5, 5.41) is 22.4. The number of aromatic nitrogens is 2. The zero-order chi connectivity index (χ0) is 12.4. The van der Waals surface area contributed by atoms with Crippen molar-refractivity contribution in [1.82, 2.24) is 9.78 Å². The van der Waals surface area contributed by atoms with Crippen LogP contribution in [0, 0.1) is 0 Å². The second-order valence-corrected chi connectivity index (χ2v) is 3.79. The highest BCUT2D eigenvalue weighted by molar-refractivity contribution is 5.13. The number of aliphatic hydroxyl groups is 2. The van der Waals surface area contributed by atoms with Crippen molar-refractivity contribution >= 4 is 0 Å². The fourth-order valence-electron chi connectivity index (χ4n) is 1.76. The normalized spacial score (nSPS) is 28.3. The Morgan fingerprint density at radius 1 is 1.71 bits per heavy atom. The molecule has 1 fully saturated rings. The van der Waals surface area contributed by atoms with Crippen molar-refractivity contribution in [3.63, 3.8) is 0 Å². The molecule has 0 saturated carbocycles. The van der Waals surface area contributed by atoms with E-state index in [0.717, 1.165) is 4.68 Å². The summed E-state index contributed by atoms with van der Waals surface area (Å²) in [4.78, 5) is 11.7. The molecular weight excluding hydrogens is 228 g/mol. The molecule has 0 unspecified atom stereocenters. The Morgan fingerprint density at radius 3 is 3.00 bits per heavy atom. The second kappa shape index (κ2) is 4.82. The summed E-state index contributed by atoms with van der Waals surface area (Å²) in [6.45, 7) is -0.289. The van der Waals surface area contributed by atoms with E-state index in [1.54, 1.807) is 0 Å². The van der Waals surface area contributed by atoms with Crippen LogP contribution >= 0.6 is 0 Å². The molecule has 2 N–H and O–H groups in total. The average Bonchev–Trinajstić information content (AvgIpc) is 2.70. The second-order valence-electron chi connectivity index (χ2n) is 3.79. The van der Waals surface area contributed by atoms with E-state index >= 15 is 0 Å².